The third-order valence-electron chi connectivity index (χ3n) is 4.05. The largest absolute Gasteiger partial charge is 0.326 e. The van der Waals surface area contributed by atoms with Crippen LogP contribution in [0.4, 0.5) is 0 Å². The summed E-state index contributed by atoms with van der Waals surface area (Å²) in [6.45, 7) is 9.00. The molecule has 0 bridgehead atoms. The molecule has 1 aromatic heterocycles. The van der Waals surface area contributed by atoms with E-state index in [-0.39, 0.29) is 5.69 Å². The van der Waals surface area contributed by atoms with Gasteiger partial charge in [-0.2, -0.15) is 0 Å². The molecule has 1 aromatic carbocycles. The Bertz CT molecular complexity index is 719. The van der Waals surface area contributed by atoms with E-state index in [0.717, 1.165) is 30.7 Å². The Balaban J connectivity index is 2.05. The van der Waals surface area contributed by atoms with Crippen molar-refractivity contribution in [2.24, 2.45) is 0 Å². The first-order chi connectivity index (χ1) is 9.56. The second-order valence-corrected chi connectivity index (χ2v) is 5.91. The Morgan fingerprint density at radius 1 is 1.45 bits per heavy atom. The molecular formula is C16H21N3O. The summed E-state index contributed by atoms with van der Waals surface area (Å²) >= 11 is 0. The number of H-pyrrole nitrogens is 1. The lowest BCUT2D eigenvalue weighted by atomic mass is 10.1. The Labute approximate surface area is 118 Å². The Hall–Kier alpha value is -1.81. The Morgan fingerprint density at radius 2 is 2.25 bits per heavy atom. The minimum atomic E-state index is 0.00311. The van der Waals surface area contributed by atoms with Crippen molar-refractivity contribution >= 4 is 11.0 Å². The van der Waals surface area contributed by atoms with Crippen LogP contribution in [0.3, 0.4) is 0 Å². The highest BCUT2D eigenvalue weighted by Crippen LogP contribution is 2.23. The zero-order valence-corrected chi connectivity index (χ0v) is 12.3. The van der Waals surface area contributed by atoms with Crippen LogP contribution in [0.2, 0.25) is 0 Å². The number of nitrogens with zero attached hydrogens (tertiary/aromatic N) is 2. The SMILES string of the molecule is CC(C)=CCN1Cc2cccc3[nH]c(=O)n(c23)C[C@H]1C. The summed E-state index contributed by atoms with van der Waals surface area (Å²) in [5.41, 5.74) is 4.58. The van der Waals surface area contributed by atoms with Crippen molar-refractivity contribution in [1.29, 1.82) is 0 Å². The zero-order chi connectivity index (χ0) is 14.3. The van der Waals surface area contributed by atoms with E-state index in [9.17, 15) is 4.79 Å². The van der Waals surface area contributed by atoms with Crippen molar-refractivity contribution < 1.29 is 0 Å². The van der Waals surface area contributed by atoms with E-state index in [0.29, 0.717) is 6.04 Å². The first-order valence-corrected chi connectivity index (χ1v) is 7.14. The molecule has 2 heterocycles. The highest BCUT2D eigenvalue weighted by molar-refractivity contribution is 5.79. The van der Waals surface area contributed by atoms with E-state index < -0.39 is 0 Å². The number of hydrogen-bond donors (Lipinski definition) is 1. The van der Waals surface area contributed by atoms with Crippen LogP contribution >= 0.6 is 0 Å². The minimum absolute atomic E-state index is 0.00311. The third kappa shape index (κ3) is 2.20. The molecule has 1 N–H and O–H groups in total. The summed E-state index contributed by atoms with van der Waals surface area (Å²) in [4.78, 5) is 17.5. The number of aromatic amines is 1. The van der Waals surface area contributed by atoms with E-state index in [4.69, 9.17) is 0 Å². The number of rotatable bonds is 2. The molecule has 106 valence electrons. The quantitative estimate of drug-likeness (QED) is 0.853. The average Bonchev–Trinajstić information content (AvgIpc) is 2.62. The van der Waals surface area contributed by atoms with Crippen molar-refractivity contribution in [3.8, 4) is 0 Å². The molecule has 0 saturated heterocycles. The Morgan fingerprint density at radius 3 is 3.00 bits per heavy atom. The maximum atomic E-state index is 12.1. The summed E-state index contributed by atoms with van der Waals surface area (Å²) in [5, 5.41) is 0. The van der Waals surface area contributed by atoms with Crippen LogP contribution < -0.4 is 5.69 Å². The van der Waals surface area contributed by atoms with Gasteiger partial charge >= 0.3 is 5.69 Å². The molecule has 2 aromatic rings. The predicted molar refractivity (Wildman–Crippen MR) is 81.9 cm³/mol. The predicted octanol–water partition coefficient (Wildman–Crippen LogP) is 2.50. The molecule has 0 amide bonds. The molecule has 0 unspecified atom stereocenters. The van der Waals surface area contributed by atoms with Gasteiger partial charge in [-0.3, -0.25) is 9.47 Å². The van der Waals surface area contributed by atoms with Crippen molar-refractivity contribution in [3.63, 3.8) is 0 Å². The van der Waals surface area contributed by atoms with Crippen molar-refractivity contribution in [3.05, 3.63) is 45.9 Å². The third-order valence-corrected chi connectivity index (χ3v) is 4.05. The van der Waals surface area contributed by atoms with E-state index >= 15 is 0 Å². The molecule has 4 nitrogen and oxygen atoms in total. The van der Waals surface area contributed by atoms with Gasteiger partial charge < -0.3 is 4.98 Å². The number of hydrogen-bond acceptors (Lipinski definition) is 2. The van der Waals surface area contributed by atoms with Gasteiger partial charge in [0, 0.05) is 25.7 Å². The van der Waals surface area contributed by atoms with Gasteiger partial charge in [0.25, 0.3) is 0 Å². The maximum Gasteiger partial charge on any atom is 0.326 e. The molecular weight excluding hydrogens is 250 g/mol. The molecule has 0 fully saturated rings. The standard InChI is InChI=1S/C16H21N3O/c1-11(2)7-8-18-10-13-5-4-6-14-15(13)19(9-12(18)3)16(20)17-14/h4-7,12H,8-10H2,1-3H3,(H,17,20)/t12-/m1/s1. The van der Waals surface area contributed by atoms with Crippen molar-refractivity contribution in [2.75, 3.05) is 6.54 Å². The second kappa shape index (κ2) is 4.94. The summed E-state index contributed by atoms with van der Waals surface area (Å²) in [6, 6.07) is 6.47. The van der Waals surface area contributed by atoms with Crippen LogP contribution in [0, 0.1) is 0 Å². The average molecular weight is 271 g/mol. The number of allylic oxidation sites excluding steroid dienone is 1. The number of imidazole rings is 1. The van der Waals surface area contributed by atoms with Crippen LogP contribution in [0.25, 0.3) is 11.0 Å². The van der Waals surface area contributed by atoms with Crippen molar-refractivity contribution in [2.45, 2.75) is 39.9 Å². The van der Waals surface area contributed by atoms with E-state index in [1.54, 1.807) is 0 Å². The maximum absolute atomic E-state index is 12.1. The Kier molecular flexibility index (Phi) is 3.26. The highest BCUT2D eigenvalue weighted by atomic mass is 16.1. The summed E-state index contributed by atoms with van der Waals surface area (Å²) in [6.07, 6.45) is 2.25. The lowest BCUT2D eigenvalue weighted by Gasteiger charge is -2.26. The topological polar surface area (TPSA) is 41.0 Å². The molecule has 0 saturated carbocycles. The van der Waals surface area contributed by atoms with Crippen LogP contribution in [0.1, 0.15) is 26.3 Å². The van der Waals surface area contributed by atoms with Gasteiger partial charge in [0.15, 0.2) is 0 Å². The van der Waals surface area contributed by atoms with Gasteiger partial charge in [0.05, 0.1) is 11.0 Å². The second-order valence-electron chi connectivity index (χ2n) is 5.91. The molecule has 1 aliphatic heterocycles. The molecule has 0 spiro atoms. The fraction of sp³-hybridized carbons (Fsp3) is 0.438. The molecule has 0 aliphatic carbocycles. The minimum Gasteiger partial charge on any atom is -0.306 e. The lowest BCUT2D eigenvalue weighted by molar-refractivity contribution is 0.210. The molecule has 4 heteroatoms. The fourth-order valence-corrected chi connectivity index (χ4v) is 2.90. The van der Waals surface area contributed by atoms with Crippen LogP contribution in [0.15, 0.2) is 34.6 Å². The first kappa shape index (κ1) is 13.2. The highest BCUT2D eigenvalue weighted by Gasteiger charge is 2.22. The number of benzene rings is 1. The molecule has 3 rings (SSSR count). The van der Waals surface area contributed by atoms with Crippen LogP contribution in [-0.4, -0.2) is 27.0 Å². The van der Waals surface area contributed by atoms with Crippen LogP contribution in [0.5, 0.6) is 0 Å². The van der Waals surface area contributed by atoms with Gasteiger partial charge in [-0.05, 0) is 32.4 Å². The smallest absolute Gasteiger partial charge is 0.306 e. The van der Waals surface area contributed by atoms with Gasteiger partial charge in [-0.1, -0.05) is 23.8 Å². The fourth-order valence-electron chi connectivity index (χ4n) is 2.90. The molecule has 1 atom stereocenters. The van der Waals surface area contributed by atoms with Gasteiger partial charge in [0.1, 0.15) is 0 Å². The van der Waals surface area contributed by atoms with E-state index in [1.807, 2.05) is 16.7 Å². The number of nitrogens with one attached hydrogen (secondary N) is 1. The zero-order valence-electron chi connectivity index (χ0n) is 12.3. The summed E-state index contributed by atoms with van der Waals surface area (Å²) < 4.78 is 1.89. The first-order valence-electron chi connectivity index (χ1n) is 7.14. The van der Waals surface area contributed by atoms with E-state index in [1.165, 1.54) is 11.1 Å². The van der Waals surface area contributed by atoms with Crippen LogP contribution in [-0.2, 0) is 13.1 Å². The molecule has 0 radical (unpaired) electrons. The van der Waals surface area contributed by atoms with Gasteiger partial charge in [0.2, 0.25) is 0 Å². The lowest BCUT2D eigenvalue weighted by Crippen LogP contribution is -2.36. The van der Waals surface area contributed by atoms with Gasteiger partial charge in [-0.25, -0.2) is 4.79 Å². The molecule has 20 heavy (non-hydrogen) atoms. The molecule has 1 aliphatic rings. The normalized spacial score (nSPS) is 19.1. The summed E-state index contributed by atoms with van der Waals surface area (Å²) in [5.74, 6) is 0. The van der Waals surface area contributed by atoms with Gasteiger partial charge in [-0.15, -0.1) is 0 Å². The number of aromatic nitrogens is 2. The van der Waals surface area contributed by atoms with Crippen molar-refractivity contribution in [1.82, 2.24) is 14.5 Å². The monoisotopic (exact) mass is 271 g/mol. The van der Waals surface area contributed by atoms with E-state index in [2.05, 4.69) is 42.8 Å². The number of para-hydroxylation sites is 1. The summed E-state index contributed by atoms with van der Waals surface area (Å²) in [7, 11) is 0.